The first-order valence-corrected chi connectivity index (χ1v) is 5.03. The molecule has 0 spiro atoms. The third-order valence-electron chi connectivity index (χ3n) is 1.82. The van der Waals surface area contributed by atoms with Crippen molar-refractivity contribution in [3.8, 4) is 0 Å². The molecular formula is C10H20O4. The Kier molecular flexibility index (Phi) is 8.57. The lowest BCUT2D eigenvalue weighted by atomic mass is 10.2. The van der Waals surface area contributed by atoms with Gasteiger partial charge in [-0.25, -0.2) is 0 Å². The van der Waals surface area contributed by atoms with Crippen molar-refractivity contribution in [1.82, 2.24) is 0 Å². The highest BCUT2D eigenvalue weighted by Crippen LogP contribution is 2.00. The summed E-state index contributed by atoms with van der Waals surface area (Å²) < 4.78 is 9.67. The lowest BCUT2D eigenvalue weighted by Crippen LogP contribution is -2.17. The molecule has 14 heavy (non-hydrogen) atoms. The number of unbranched alkanes of at least 4 members (excludes halogenated alkanes) is 1. The number of esters is 1. The van der Waals surface area contributed by atoms with Gasteiger partial charge in [-0.2, -0.15) is 0 Å². The van der Waals surface area contributed by atoms with Gasteiger partial charge in [0, 0.05) is 13.7 Å². The number of aliphatic hydroxyl groups excluding tert-OH is 1. The monoisotopic (exact) mass is 204 g/mol. The van der Waals surface area contributed by atoms with Gasteiger partial charge in [0.05, 0.1) is 19.1 Å². The minimum absolute atomic E-state index is 0.0626. The van der Waals surface area contributed by atoms with Crippen molar-refractivity contribution in [2.45, 2.75) is 38.7 Å². The van der Waals surface area contributed by atoms with Gasteiger partial charge in [0.15, 0.2) is 0 Å². The minimum Gasteiger partial charge on any atom is -0.466 e. The number of carbonyl (C=O) groups excluding carboxylic acids is 1. The van der Waals surface area contributed by atoms with Crippen LogP contribution in [0.1, 0.15) is 32.6 Å². The number of hydrogen-bond acceptors (Lipinski definition) is 4. The van der Waals surface area contributed by atoms with Gasteiger partial charge >= 0.3 is 5.97 Å². The van der Waals surface area contributed by atoms with E-state index in [9.17, 15) is 9.90 Å². The molecule has 0 saturated carbocycles. The molecule has 0 aliphatic rings. The molecule has 4 nitrogen and oxygen atoms in total. The summed E-state index contributed by atoms with van der Waals surface area (Å²) in [6.07, 6.45) is 1.76. The standard InChI is InChI=1S/C10H20O4/c1-3-4-6-14-10(12)8-9(11)5-7-13-2/h9,11H,3-8H2,1-2H3/t9-/m0/s1. The maximum atomic E-state index is 11.1. The van der Waals surface area contributed by atoms with Crippen LogP contribution in [0.5, 0.6) is 0 Å². The molecule has 84 valence electrons. The van der Waals surface area contributed by atoms with Gasteiger partial charge in [0.2, 0.25) is 0 Å². The van der Waals surface area contributed by atoms with Crippen molar-refractivity contribution in [3.05, 3.63) is 0 Å². The summed E-state index contributed by atoms with van der Waals surface area (Å²) >= 11 is 0. The van der Waals surface area contributed by atoms with Crippen LogP contribution in [0, 0.1) is 0 Å². The molecule has 0 saturated heterocycles. The molecule has 0 aliphatic heterocycles. The van der Waals surface area contributed by atoms with Gasteiger partial charge in [-0.15, -0.1) is 0 Å². The van der Waals surface area contributed by atoms with Gasteiger partial charge in [0.25, 0.3) is 0 Å². The summed E-state index contributed by atoms with van der Waals surface area (Å²) in [5, 5.41) is 9.33. The lowest BCUT2D eigenvalue weighted by Gasteiger charge is -2.09. The summed E-state index contributed by atoms with van der Waals surface area (Å²) in [7, 11) is 1.56. The molecule has 1 atom stereocenters. The van der Waals surface area contributed by atoms with Gasteiger partial charge in [0.1, 0.15) is 0 Å². The molecule has 0 heterocycles. The Morgan fingerprint density at radius 2 is 2.14 bits per heavy atom. The molecule has 0 radical (unpaired) electrons. The van der Waals surface area contributed by atoms with E-state index >= 15 is 0 Å². The van der Waals surface area contributed by atoms with Crippen molar-refractivity contribution in [2.24, 2.45) is 0 Å². The first-order valence-electron chi connectivity index (χ1n) is 5.03. The number of hydrogen-bond donors (Lipinski definition) is 1. The number of carbonyl (C=O) groups is 1. The van der Waals surface area contributed by atoms with Crippen LogP contribution in [0.25, 0.3) is 0 Å². The van der Waals surface area contributed by atoms with Gasteiger partial charge in [-0.1, -0.05) is 13.3 Å². The van der Waals surface area contributed by atoms with Crippen LogP contribution in [0.2, 0.25) is 0 Å². The van der Waals surface area contributed by atoms with E-state index in [-0.39, 0.29) is 12.4 Å². The average Bonchev–Trinajstić information content (AvgIpc) is 2.15. The third kappa shape index (κ3) is 8.01. The van der Waals surface area contributed by atoms with E-state index in [1.54, 1.807) is 7.11 Å². The highest BCUT2D eigenvalue weighted by molar-refractivity contribution is 5.69. The topological polar surface area (TPSA) is 55.8 Å². The smallest absolute Gasteiger partial charge is 0.308 e. The van der Waals surface area contributed by atoms with Gasteiger partial charge in [-0.3, -0.25) is 4.79 Å². The van der Waals surface area contributed by atoms with Crippen molar-refractivity contribution in [1.29, 1.82) is 0 Å². The average molecular weight is 204 g/mol. The highest BCUT2D eigenvalue weighted by Gasteiger charge is 2.11. The summed E-state index contributed by atoms with van der Waals surface area (Å²) in [4.78, 5) is 11.1. The first kappa shape index (κ1) is 13.4. The second kappa shape index (κ2) is 8.97. The molecular weight excluding hydrogens is 184 g/mol. The SMILES string of the molecule is CCCCOC(=O)C[C@@H](O)CCOC. The van der Waals surface area contributed by atoms with Crippen molar-refractivity contribution < 1.29 is 19.4 Å². The fraction of sp³-hybridized carbons (Fsp3) is 0.900. The van der Waals surface area contributed by atoms with Crippen LogP contribution in [0.15, 0.2) is 0 Å². The lowest BCUT2D eigenvalue weighted by molar-refractivity contribution is -0.146. The number of aliphatic hydroxyl groups is 1. The number of methoxy groups -OCH3 is 1. The van der Waals surface area contributed by atoms with E-state index in [0.29, 0.717) is 19.6 Å². The zero-order valence-electron chi connectivity index (χ0n) is 8.99. The van der Waals surface area contributed by atoms with E-state index in [1.165, 1.54) is 0 Å². The first-order chi connectivity index (χ1) is 6.70. The van der Waals surface area contributed by atoms with Crippen molar-refractivity contribution in [3.63, 3.8) is 0 Å². The number of ether oxygens (including phenoxy) is 2. The summed E-state index contributed by atoms with van der Waals surface area (Å²) in [6.45, 7) is 2.94. The fourth-order valence-corrected chi connectivity index (χ4v) is 0.938. The van der Waals surface area contributed by atoms with Crippen LogP contribution in [-0.4, -0.2) is 37.5 Å². The summed E-state index contributed by atoms with van der Waals surface area (Å²) in [5.74, 6) is -0.331. The largest absolute Gasteiger partial charge is 0.466 e. The summed E-state index contributed by atoms with van der Waals surface area (Å²) in [6, 6.07) is 0. The zero-order chi connectivity index (χ0) is 10.8. The Hall–Kier alpha value is -0.610. The Balaban J connectivity index is 3.40. The third-order valence-corrected chi connectivity index (χ3v) is 1.82. The minimum atomic E-state index is -0.649. The molecule has 0 fully saturated rings. The molecule has 1 N–H and O–H groups in total. The van der Waals surface area contributed by atoms with E-state index in [0.717, 1.165) is 12.8 Å². The Bertz CT molecular complexity index is 147. The summed E-state index contributed by atoms with van der Waals surface area (Å²) in [5.41, 5.74) is 0. The maximum absolute atomic E-state index is 11.1. The molecule has 0 rings (SSSR count). The predicted octanol–water partition coefficient (Wildman–Crippen LogP) is 1.12. The zero-order valence-corrected chi connectivity index (χ0v) is 8.99. The maximum Gasteiger partial charge on any atom is 0.308 e. The van der Waals surface area contributed by atoms with E-state index in [2.05, 4.69) is 0 Å². The van der Waals surface area contributed by atoms with Gasteiger partial charge < -0.3 is 14.6 Å². The van der Waals surface area contributed by atoms with Crippen molar-refractivity contribution in [2.75, 3.05) is 20.3 Å². The Morgan fingerprint density at radius 1 is 1.43 bits per heavy atom. The van der Waals surface area contributed by atoms with Crippen LogP contribution < -0.4 is 0 Å². The number of rotatable bonds is 8. The molecule has 0 bridgehead atoms. The molecule has 0 aromatic rings. The Morgan fingerprint density at radius 3 is 2.71 bits per heavy atom. The Labute approximate surface area is 85.2 Å². The quantitative estimate of drug-likeness (QED) is 0.475. The molecule has 0 aromatic carbocycles. The molecule has 0 aromatic heterocycles. The van der Waals surface area contributed by atoms with Crippen LogP contribution in [0.4, 0.5) is 0 Å². The highest BCUT2D eigenvalue weighted by atomic mass is 16.5. The predicted molar refractivity (Wildman–Crippen MR) is 53.0 cm³/mol. The van der Waals surface area contributed by atoms with E-state index in [4.69, 9.17) is 9.47 Å². The van der Waals surface area contributed by atoms with E-state index < -0.39 is 6.10 Å². The molecule has 0 aliphatic carbocycles. The second-order valence-electron chi connectivity index (χ2n) is 3.21. The van der Waals surface area contributed by atoms with Crippen LogP contribution in [0.3, 0.4) is 0 Å². The molecule has 4 heteroatoms. The second-order valence-corrected chi connectivity index (χ2v) is 3.21. The van der Waals surface area contributed by atoms with Crippen LogP contribution in [-0.2, 0) is 14.3 Å². The van der Waals surface area contributed by atoms with Crippen LogP contribution >= 0.6 is 0 Å². The van der Waals surface area contributed by atoms with E-state index in [1.807, 2.05) is 6.92 Å². The molecule has 0 amide bonds. The molecule has 0 unspecified atom stereocenters. The normalized spacial score (nSPS) is 12.5. The van der Waals surface area contributed by atoms with Crippen molar-refractivity contribution >= 4 is 5.97 Å². The van der Waals surface area contributed by atoms with Gasteiger partial charge in [-0.05, 0) is 12.8 Å². The fourth-order valence-electron chi connectivity index (χ4n) is 0.938.